The molecule has 0 unspecified atom stereocenters. The van der Waals surface area contributed by atoms with Gasteiger partial charge in [-0.05, 0) is 49.6 Å². The molecule has 0 fully saturated rings. The van der Waals surface area contributed by atoms with Crippen molar-refractivity contribution >= 4 is 36.4 Å². The van der Waals surface area contributed by atoms with Crippen LogP contribution in [-0.4, -0.2) is 27.4 Å². The second-order valence-electron chi connectivity index (χ2n) is 7.17. The van der Waals surface area contributed by atoms with Crippen molar-refractivity contribution < 1.29 is 9.53 Å². The Kier molecular flexibility index (Phi) is 9.62. The van der Waals surface area contributed by atoms with Gasteiger partial charge >= 0.3 is 0 Å². The van der Waals surface area contributed by atoms with E-state index in [1.807, 2.05) is 61.8 Å². The highest BCUT2D eigenvalue weighted by Crippen LogP contribution is 2.18. The number of carbonyl (C=O) groups excluding carboxylic acids is 1. The Morgan fingerprint density at radius 3 is 2.57 bits per heavy atom. The van der Waals surface area contributed by atoms with E-state index in [-0.39, 0.29) is 36.3 Å². The molecular formula is C22H30Cl2N4O2. The molecule has 0 aliphatic carbocycles. The number of hydrogen-bond donors (Lipinski definition) is 2. The molecule has 0 aliphatic heterocycles. The standard InChI is InChI=1S/C22H28N4O2.2ClH/c1-4-22(5-2,15-23)25-21(27)17-7-6-8-19(11-17)28-14-18-13-26-12-16(3)9-10-20(26)24-18;;/h6-13H,4-5,14-15,23H2,1-3H3,(H,25,27);2*1H. The molecule has 0 spiro atoms. The van der Waals surface area contributed by atoms with Crippen LogP contribution in [0.25, 0.3) is 5.65 Å². The average Bonchev–Trinajstić information content (AvgIpc) is 3.12. The van der Waals surface area contributed by atoms with Crippen LogP contribution < -0.4 is 15.8 Å². The van der Waals surface area contributed by atoms with Gasteiger partial charge in [0.1, 0.15) is 18.0 Å². The molecule has 2 aromatic heterocycles. The number of halogens is 2. The van der Waals surface area contributed by atoms with Crippen LogP contribution in [-0.2, 0) is 6.61 Å². The minimum absolute atomic E-state index is 0. The average molecular weight is 453 g/mol. The highest BCUT2D eigenvalue weighted by atomic mass is 35.5. The SMILES string of the molecule is CCC(CC)(CN)NC(=O)c1cccc(OCc2cn3cc(C)ccc3n2)c1.Cl.Cl. The zero-order valence-electron chi connectivity index (χ0n) is 17.6. The number of nitrogens with one attached hydrogen (secondary N) is 1. The molecule has 164 valence electrons. The van der Waals surface area contributed by atoms with Gasteiger partial charge in [-0.25, -0.2) is 4.98 Å². The minimum atomic E-state index is -0.372. The number of ether oxygens (including phenoxy) is 1. The number of aryl methyl sites for hydroxylation is 1. The topological polar surface area (TPSA) is 81.6 Å². The summed E-state index contributed by atoms with van der Waals surface area (Å²) < 4.78 is 7.86. The van der Waals surface area contributed by atoms with E-state index < -0.39 is 0 Å². The minimum Gasteiger partial charge on any atom is -0.487 e. The summed E-state index contributed by atoms with van der Waals surface area (Å²) in [5.74, 6) is 0.495. The van der Waals surface area contributed by atoms with Gasteiger partial charge in [0.25, 0.3) is 5.91 Å². The summed E-state index contributed by atoms with van der Waals surface area (Å²) in [5.41, 5.74) is 8.96. The number of fused-ring (bicyclic) bond motifs is 1. The van der Waals surface area contributed by atoms with E-state index in [1.54, 1.807) is 12.1 Å². The fourth-order valence-electron chi connectivity index (χ4n) is 3.19. The van der Waals surface area contributed by atoms with Gasteiger partial charge < -0.3 is 20.2 Å². The predicted octanol–water partition coefficient (Wildman–Crippen LogP) is 4.31. The number of imidazole rings is 1. The monoisotopic (exact) mass is 452 g/mol. The van der Waals surface area contributed by atoms with E-state index in [2.05, 4.69) is 10.3 Å². The zero-order chi connectivity index (χ0) is 20.1. The van der Waals surface area contributed by atoms with Crippen molar-refractivity contribution in [1.82, 2.24) is 14.7 Å². The quantitative estimate of drug-likeness (QED) is 0.533. The Morgan fingerprint density at radius 1 is 1.17 bits per heavy atom. The van der Waals surface area contributed by atoms with Gasteiger partial charge in [-0.2, -0.15) is 0 Å². The van der Waals surface area contributed by atoms with Gasteiger partial charge in [0.15, 0.2) is 0 Å². The van der Waals surface area contributed by atoms with E-state index >= 15 is 0 Å². The molecule has 0 saturated carbocycles. The van der Waals surface area contributed by atoms with Crippen molar-refractivity contribution in [3.05, 3.63) is 65.6 Å². The number of nitrogens with two attached hydrogens (primary N) is 1. The van der Waals surface area contributed by atoms with E-state index in [9.17, 15) is 4.79 Å². The molecule has 2 heterocycles. The normalized spacial score (nSPS) is 10.8. The van der Waals surface area contributed by atoms with Crippen molar-refractivity contribution in [2.75, 3.05) is 6.54 Å². The number of hydrogen-bond acceptors (Lipinski definition) is 4. The van der Waals surface area contributed by atoms with Gasteiger partial charge in [0.05, 0.1) is 11.2 Å². The molecule has 0 bridgehead atoms. The van der Waals surface area contributed by atoms with Gasteiger partial charge in [-0.1, -0.05) is 26.0 Å². The lowest BCUT2D eigenvalue weighted by Gasteiger charge is -2.31. The van der Waals surface area contributed by atoms with Crippen LogP contribution in [0.2, 0.25) is 0 Å². The molecule has 0 aliphatic rings. The Morgan fingerprint density at radius 2 is 1.90 bits per heavy atom. The Labute approximate surface area is 190 Å². The van der Waals surface area contributed by atoms with Crippen LogP contribution >= 0.6 is 24.8 Å². The largest absolute Gasteiger partial charge is 0.487 e. The number of carbonyl (C=O) groups is 1. The molecule has 3 aromatic rings. The van der Waals surface area contributed by atoms with E-state index in [4.69, 9.17) is 10.5 Å². The van der Waals surface area contributed by atoms with E-state index in [1.165, 1.54) is 5.56 Å². The lowest BCUT2D eigenvalue weighted by molar-refractivity contribution is 0.0894. The highest BCUT2D eigenvalue weighted by Gasteiger charge is 2.26. The maximum absolute atomic E-state index is 12.7. The third kappa shape index (κ3) is 5.88. The molecule has 6 nitrogen and oxygen atoms in total. The molecule has 3 rings (SSSR count). The fourth-order valence-corrected chi connectivity index (χ4v) is 3.19. The predicted molar refractivity (Wildman–Crippen MR) is 125 cm³/mol. The molecule has 30 heavy (non-hydrogen) atoms. The van der Waals surface area contributed by atoms with Crippen LogP contribution in [0.15, 0.2) is 48.8 Å². The first-order chi connectivity index (χ1) is 13.5. The molecule has 1 amide bonds. The Balaban J connectivity index is 0.00000225. The first-order valence-corrected chi connectivity index (χ1v) is 9.68. The summed E-state index contributed by atoms with van der Waals surface area (Å²) in [6.07, 6.45) is 5.56. The Bertz CT molecular complexity index is 962. The lowest BCUT2D eigenvalue weighted by atomic mass is 9.92. The fraction of sp³-hybridized carbons (Fsp3) is 0.364. The maximum Gasteiger partial charge on any atom is 0.251 e. The highest BCUT2D eigenvalue weighted by molar-refractivity contribution is 5.95. The number of nitrogens with zero attached hydrogens (tertiary/aromatic N) is 2. The van der Waals surface area contributed by atoms with Crippen LogP contribution in [0.4, 0.5) is 0 Å². The first-order valence-electron chi connectivity index (χ1n) is 9.68. The van der Waals surface area contributed by atoms with Gasteiger partial charge in [-0.3, -0.25) is 4.79 Å². The van der Waals surface area contributed by atoms with Gasteiger partial charge in [-0.15, -0.1) is 24.8 Å². The Hall–Kier alpha value is -2.28. The molecule has 3 N–H and O–H groups in total. The number of amides is 1. The van der Waals surface area contributed by atoms with Crippen molar-refractivity contribution in [2.45, 2.75) is 45.8 Å². The third-order valence-electron chi connectivity index (χ3n) is 5.25. The van der Waals surface area contributed by atoms with Gasteiger partial charge in [0.2, 0.25) is 0 Å². The number of rotatable bonds is 8. The van der Waals surface area contributed by atoms with Crippen LogP contribution in [0.3, 0.4) is 0 Å². The van der Waals surface area contributed by atoms with E-state index in [0.717, 1.165) is 24.2 Å². The number of pyridine rings is 1. The number of benzene rings is 1. The second kappa shape index (κ2) is 11.2. The number of aromatic nitrogens is 2. The molecule has 1 aromatic carbocycles. The molecule has 0 radical (unpaired) electrons. The van der Waals surface area contributed by atoms with Crippen LogP contribution in [0.5, 0.6) is 5.75 Å². The molecule has 0 atom stereocenters. The van der Waals surface area contributed by atoms with E-state index in [0.29, 0.717) is 24.5 Å². The molecule has 0 saturated heterocycles. The lowest BCUT2D eigenvalue weighted by Crippen LogP contribution is -2.52. The maximum atomic E-state index is 12.7. The summed E-state index contributed by atoms with van der Waals surface area (Å²) in [4.78, 5) is 17.2. The zero-order valence-corrected chi connectivity index (χ0v) is 19.2. The third-order valence-corrected chi connectivity index (χ3v) is 5.25. The van der Waals surface area contributed by atoms with Crippen molar-refractivity contribution in [2.24, 2.45) is 5.73 Å². The summed E-state index contributed by atoms with van der Waals surface area (Å²) in [7, 11) is 0. The van der Waals surface area contributed by atoms with Crippen molar-refractivity contribution in [3.8, 4) is 5.75 Å². The van der Waals surface area contributed by atoms with Crippen LogP contribution in [0.1, 0.15) is 48.3 Å². The summed E-state index contributed by atoms with van der Waals surface area (Å²) in [6.45, 7) is 6.86. The smallest absolute Gasteiger partial charge is 0.251 e. The first kappa shape index (κ1) is 25.8. The van der Waals surface area contributed by atoms with Crippen molar-refractivity contribution in [3.63, 3.8) is 0 Å². The van der Waals surface area contributed by atoms with Gasteiger partial charge in [0, 0.05) is 24.5 Å². The summed E-state index contributed by atoms with van der Waals surface area (Å²) >= 11 is 0. The summed E-state index contributed by atoms with van der Waals surface area (Å²) in [5, 5.41) is 3.08. The second-order valence-corrected chi connectivity index (χ2v) is 7.17. The molecule has 8 heteroatoms. The van der Waals surface area contributed by atoms with Crippen LogP contribution in [0, 0.1) is 6.92 Å². The summed E-state index contributed by atoms with van der Waals surface area (Å²) in [6, 6.07) is 11.2. The van der Waals surface area contributed by atoms with Crippen molar-refractivity contribution in [1.29, 1.82) is 0 Å². The molecular weight excluding hydrogens is 423 g/mol.